The molecule has 2 fully saturated rings. The lowest BCUT2D eigenvalue weighted by molar-refractivity contribution is -0.122. The molecule has 0 unspecified atom stereocenters. The number of nitrogens with zero attached hydrogens (tertiary/aromatic N) is 4. The number of hydrogen-bond acceptors (Lipinski definition) is 7. The second kappa shape index (κ2) is 9.83. The summed E-state index contributed by atoms with van der Waals surface area (Å²) in [6, 6.07) is 5.14. The molecule has 1 saturated carbocycles. The molecular formula is C23H27BrFN7O2. The average molecular weight is 532 g/mol. The summed E-state index contributed by atoms with van der Waals surface area (Å²) >= 11 is 3.29. The number of benzene rings is 1. The third kappa shape index (κ3) is 4.85. The number of carbonyl (C=O) groups is 1. The Morgan fingerprint density at radius 3 is 2.62 bits per heavy atom. The highest BCUT2D eigenvalue weighted by Gasteiger charge is 2.29. The van der Waals surface area contributed by atoms with Crippen LogP contribution in [0.4, 0.5) is 22.0 Å². The van der Waals surface area contributed by atoms with E-state index in [0.717, 1.165) is 25.7 Å². The van der Waals surface area contributed by atoms with Crippen LogP contribution < -0.4 is 16.4 Å². The SMILES string of the molecule is NC(=O)C1CCC(n2c(Nc3ccc(Br)cc3F)nc3cnc(NC4CCOCC4)nc32)CC1. The topological polar surface area (TPSA) is 120 Å². The molecule has 11 heteroatoms. The number of primary amides is 1. The Kier molecular flexibility index (Phi) is 6.64. The molecule has 1 amide bonds. The first-order valence-corrected chi connectivity index (χ1v) is 12.4. The number of rotatable bonds is 6. The molecule has 1 saturated heterocycles. The number of anilines is 3. The van der Waals surface area contributed by atoms with Crippen LogP contribution in [0.15, 0.2) is 28.9 Å². The van der Waals surface area contributed by atoms with Crippen LogP contribution in [0.2, 0.25) is 0 Å². The zero-order valence-electron chi connectivity index (χ0n) is 18.6. The van der Waals surface area contributed by atoms with Gasteiger partial charge in [-0.3, -0.25) is 9.36 Å². The van der Waals surface area contributed by atoms with Crippen LogP contribution in [0.25, 0.3) is 11.2 Å². The second-order valence-electron chi connectivity index (χ2n) is 8.90. The number of nitrogens with two attached hydrogens (primary N) is 1. The summed E-state index contributed by atoms with van der Waals surface area (Å²) in [5.41, 5.74) is 7.15. The van der Waals surface area contributed by atoms with E-state index in [9.17, 15) is 9.18 Å². The summed E-state index contributed by atoms with van der Waals surface area (Å²) in [6.07, 6.45) is 6.39. The molecule has 1 aliphatic heterocycles. The van der Waals surface area contributed by atoms with E-state index in [0.29, 0.717) is 59.3 Å². The van der Waals surface area contributed by atoms with Crippen molar-refractivity contribution in [3.8, 4) is 0 Å². The van der Waals surface area contributed by atoms with Gasteiger partial charge in [0.2, 0.25) is 17.8 Å². The van der Waals surface area contributed by atoms with Crippen LogP contribution in [0.3, 0.4) is 0 Å². The predicted octanol–water partition coefficient (Wildman–Crippen LogP) is 4.28. The quantitative estimate of drug-likeness (QED) is 0.434. The van der Waals surface area contributed by atoms with E-state index < -0.39 is 5.82 Å². The number of aromatic nitrogens is 4. The van der Waals surface area contributed by atoms with Gasteiger partial charge in [0.1, 0.15) is 11.3 Å². The van der Waals surface area contributed by atoms with Gasteiger partial charge in [0.05, 0.1) is 11.9 Å². The van der Waals surface area contributed by atoms with E-state index in [1.54, 1.807) is 18.3 Å². The number of amides is 1. The minimum Gasteiger partial charge on any atom is -0.381 e. The molecule has 4 N–H and O–H groups in total. The van der Waals surface area contributed by atoms with Crippen LogP contribution in [-0.2, 0) is 9.53 Å². The molecule has 3 heterocycles. The zero-order chi connectivity index (χ0) is 23.7. The molecule has 2 aliphatic rings. The van der Waals surface area contributed by atoms with Gasteiger partial charge < -0.3 is 21.1 Å². The third-order valence-corrected chi connectivity index (χ3v) is 7.12. The highest BCUT2D eigenvalue weighted by atomic mass is 79.9. The molecule has 34 heavy (non-hydrogen) atoms. The maximum absolute atomic E-state index is 14.6. The van der Waals surface area contributed by atoms with Crippen LogP contribution in [0.1, 0.15) is 44.6 Å². The van der Waals surface area contributed by atoms with Crippen LogP contribution in [-0.4, -0.2) is 44.7 Å². The molecule has 180 valence electrons. The Balaban J connectivity index is 1.50. The number of fused-ring (bicyclic) bond motifs is 1. The smallest absolute Gasteiger partial charge is 0.224 e. The molecule has 1 aliphatic carbocycles. The van der Waals surface area contributed by atoms with Crippen molar-refractivity contribution in [2.45, 2.75) is 50.6 Å². The Morgan fingerprint density at radius 1 is 1.15 bits per heavy atom. The number of imidazole rings is 1. The molecule has 0 bridgehead atoms. The normalized spacial score (nSPS) is 21.5. The van der Waals surface area contributed by atoms with Crippen molar-refractivity contribution in [3.05, 3.63) is 34.7 Å². The molecule has 0 radical (unpaired) electrons. The highest BCUT2D eigenvalue weighted by molar-refractivity contribution is 9.10. The molecule has 0 spiro atoms. The van der Waals surface area contributed by atoms with Gasteiger partial charge in [0, 0.05) is 35.7 Å². The molecular weight excluding hydrogens is 505 g/mol. The summed E-state index contributed by atoms with van der Waals surface area (Å²) in [5, 5.41) is 6.56. The first-order valence-electron chi connectivity index (χ1n) is 11.6. The fourth-order valence-corrected chi connectivity index (χ4v) is 5.08. The van der Waals surface area contributed by atoms with Gasteiger partial charge in [-0.25, -0.2) is 14.4 Å². The maximum Gasteiger partial charge on any atom is 0.224 e. The van der Waals surface area contributed by atoms with Gasteiger partial charge in [-0.05, 0) is 56.7 Å². The Hall–Kier alpha value is -2.79. The monoisotopic (exact) mass is 531 g/mol. The largest absolute Gasteiger partial charge is 0.381 e. The van der Waals surface area contributed by atoms with Gasteiger partial charge in [0.25, 0.3) is 0 Å². The molecule has 9 nitrogen and oxygen atoms in total. The number of ether oxygens (including phenoxy) is 1. The minimum atomic E-state index is -0.390. The standard InChI is InChI=1S/C23H27BrFN7O2/c24-14-3-6-18(17(25)11-14)29-23-30-19-12-27-22(28-15-7-9-34-10-8-15)31-21(19)32(23)16-4-1-13(2-5-16)20(26)33/h3,6,11-13,15-16H,1-2,4-5,7-10H2,(H2,26,33)(H,29,30)(H,27,28,31). The second-order valence-corrected chi connectivity index (χ2v) is 9.81. The highest BCUT2D eigenvalue weighted by Crippen LogP contribution is 2.37. The minimum absolute atomic E-state index is 0.0486. The lowest BCUT2D eigenvalue weighted by atomic mass is 9.85. The molecule has 3 aromatic rings. The van der Waals surface area contributed by atoms with Crippen molar-refractivity contribution in [1.82, 2.24) is 19.5 Å². The van der Waals surface area contributed by atoms with Gasteiger partial charge in [-0.15, -0.1) is 0 Å². The lowest BCUT2D eigenvalue weighted by Gasteiger charge is -2.29. The first-order chi connectivity index (χ1) is 16.5. The van der Waals surface area contributed by atoms with Crippen LogP contribution in [0.5, 0.6) is 0 Å². The van der Waals surface area contributed by atoms with E-state index in [1.165, 1.54) is 6.07 Å². The average Bonchev–Trinajstić information content (AvgIpc) is 3.19. The lowest BCUT2D eigenvalue weighted by Crippen LogP contribution is -2.29. The van der Waals surface area contributed by atoms with E-state index in [1.807, 2.05) is 4.57 Å². The van der Waals surface area contributed by atoms with Crippen molar-refractivity contribution < 1.29 is 13.9 Å². The summed E-state index contributed by atoms with van der Waals surface area (Å²) < 4.78 is 22.7. The van der Waals surface area contributed by atoms with Gasteiger partial charge in [-0.2, -0.15) is 4.98 Å². The first kappa shape index (κ1) is 23.0. The summed E-state index contributed by atoms with van der Waals surface area (Å²) in [6.45, 7) is 1.43. The van der Waals surface area contributed by atoms with Gasteiger partial charge >= 0.3 is 0 Å². The zero-order valence-corrected chi connectivity index (χ0v) is 20.2. The number of hydrogen-bond donors (Lipinski definition) is 3. The van der Waals surface area contributed by atoms with Crippen molar-refractivity contribution in [3.63, 3.8) is 0 Å². The van der Waals surface area contributed by atoms with Crippen molar-refractivity contribution >= 4 is 50.6 Å². The number of carbonyl (C=O) groups excluding carboxylic acids is 1. The Morgan fingerprint density at radius 2 is 1.91 bits per heavy atom. The van der Waals surface area contributed by atoms with Crippen LogP contribution >= 0.6 is 15.9 Å². The molecule has 1 aromatic carbocycles. The van der Waals surface area contributed by atoms with Crippen molar-refractivity contribution in [2.24, 2.45) is 11.7 Å². The van der Waals surface area contributed by atoms with Crippen LogP contribution in [0, 0.1) is 11.7 Å². The van der Waals surface area contributed by atoms with Crippen molar-refractivity contribution in [2.75, 3.05) is 23.8 Å². The van der Waals surface area contributed by atoms with E-state index >= 15 is 0 Å². The maximum atomic E-state index is 14.6. The summed E-state index contributed by atoms with van der Waals surface area (Å²) in [7, 11) is 0. The third-order valence-electron chi connectivity index (χ3n) is 6.63. The van der Waals surface area contributed by atoms with Gasteiger partial charge in [-0.1, -0.05) is 15.9 Å². The van der Waals surface area contributed by atoms with E-state index in [-0.39, 0.29) is 23.9 Å². The number of nitrogens with one attached hydrogen (secondary N) is 2. The number of halogens is 2. The van der Waals surface area contributed by atoms with E-state index in [2.05, 4.69) is 31.5 Å². The predicted molar refractivity (Wildman–Crippen MR) is 130 cm³/mol. The van der Waals surface area contributed by atoms with E-state index in [4.69, 9.17) is 20.4 Å². The summed E-state index contributed by atoms with van der Waals surface area (Å²) in [5.74, 6) is 0.267. The van der Waals surface area contributed by atoms with Crippen molar-refractivity contribution in [1.29, 1.82) is 0 Å². The summed E-state index contributed by atoms with van der Waals surface area (Å²) in [4.78, 5) is 25.6. The fourth-order valence-electron chi connectivity index (χ4n) is 4.75. The Bertz CT molecular complexity index is 1190. The fraction of sp³-hybridized carbons (Fsp3) is 0.478. The molecule has 5 rings (SSSR count). The van der Waals surface area contributed by atoms with Gasteiger partial charge in [0.15, 0.2) is 5.65 Å². The Labute approximate surface area is 204 Å². The molecule has 0 atom stereocenters. The molecule has 2 aromatic heterocycles.